The first kappa shape index (κ1) is 15.3. The fourth-order valence-corrected chi connectivity index (χ4v) is 2.80. The number of imidazole rings is 1. The highest BCUT2D eigenvalue weighted by molar-refractivity contribution is 5.81. The van der Waals surface area contributed by atoms with E-state index in [1.165, 1.54) is 18.5 Å². The summed E-state index contributed by atoms with van der Waals surface area (Å²) in [5, 5.41) is 0. The van der Waals surface area contributed by atoms with Crippen LogP contribution < -0.4 is 4.74 Å². The van der Waals surface area contributed by atoms with Gasteiger partial charge in [0.1, 0.15) is 18.0 Å². The minimum absolute atomic E-state index is 0.285. The lowest BCUT2D eigenvalue weighted by molar-refractivity contribution is 0.401. The lowest BCUT2D eigenvalue weighted by atomic mass is 10.2. The molecule has 0 amide bonds. The average Bonchev–Trinajstić information content (AvgIpc) is 3.02. The number of hydrogen-bond donors (Lipinski definition) is 0. The Morgan fingerprint density at radius 1 is 1.00 bits per heavy atom. The highest BCUT2D eigenvalue weighted by Gasteiger charge is 2.18. The Labute approximate surface area is 143 Å². The quantitative estimate of drug-likeness (QED) is 0.571. The van der Waals surface area contributed by atoms with Crippen molar-refractivity contribution in [2.75, 3.05) is 7.11 Å². The smallest absolute Gasteiger partial charge is 0.245 e. The Kier molecular flexibility index (Phi) is 3.85. The summed E-state index contributed by atoms with van der Waals surface area (Å²) >= 11 is 0. The Balaban J connectivity index is 1.93. The summed E-state index contributed by atoms with van der Waals surface area (Å²) in [4.78, 5) is 13.2. The van der Waals surface area contributed by atoms with E-state index in [2.05, 4.69) is 15.0 Å². The maximum atomic E-state index is 13.3. The molecule has 2 heterocycles. The molecular formula is C19H15FN4O. The monoisotopic (exact) mass is 334 g/mol. The molecule has 0 radical (unpaired) electrons. The van der Waals surface area contributed by atoms with Crippen molar-refractivity contribution < 1.29 is 9.13 Å². The van der Waals surface area contributed by atoms with Crippen LogP contribution in [0.5, 0.6) is 5.88 Å². The fraction of sp³-hybridized carbons (Fsp3) is 0.105. The molecule has 5 nitrogen and oxygen atoms in total. The fourth-order valence-electron chi connectivity index (χ4n) is 2.80. The van der Waals surface area contributed by atoms with Crippen LogP contribution in [0.2, 0.25) is 0 Å². The van der Waals surface area contributed by atoms with Gasteiger partial charge in [0.2, 0.25) is 5.88 Å². The van der Waals surface area contributed by atoms with E-state index in [1.54, 1.807) is 19.2 Å². The molecule has 25 heavy (non-hydrogen) atoms. The van der Waals surface area contributed by atoms with Gasteiger partial charge in [-0.25, -0.2) is 14.4 Å². The van der Waals surface area contributed by atoms with E-state index >= 15 is 0 Å². The van der Waals surface area contributed by atoms with E-state index in [4.69, 9.17) is 4.74 Å². The van der Waals surface area contributed by atoms with Crippen LogP contribution in [0.1, 0.15) is 5.56 Å². The van der Waals surface area contributed by atoms with Gasteiger partial charge in [0.15, 0.2) is 11.2 Å². The van der Waals surface area contributed by atoms with Gasteiger partial charge < -0.3 is 9.30 Å². The van der Waals surface area contributed by atoms with Gasteiger partial charge in [-0.15, -0.1) is 0 Å². The minimum Gasteiger partial charge on any atom is -0.479 e. The molecule has 0 fully saturated rings. The first-order valence-electron chi connectivity index (χ1n) is 7.81. The summed E-state index contributed by atoms with van der Waals surface area (Å²) in [7, 11) is 1.55. The second kappa shape index (κ2) is 6.32. The van der Waals surface area contributed by atoms with E-state index in [1.807, 2.05) is 34.9 Å². The molecule has 6 heteroatoms. The maximum Gasteiger partial charge on any atom is 0.245 e. The van der Waals surface area contributed by atoms with E-state index < -0.39 is 0 Å². The van der Waals surface area contributed by atoms with Gasteiger partial charge in [0, 0.05) is 5.56 Å². The van der Waals surface area contributed by atoms with Crippen LogP contribution in [0.4, 0.5) is 4.39 Å². The minimum atomic E-state index is -0.285. The van der Waals surface area contributed by atoms with E-state index in [-0.39, 0.29) is 5.82 Å². The average molecular weight is 334 g/mol. The molecule has 124 valence electrons. The van der Waals surface area contributed by atoms with Crippen LogP contribution in [-0.4, -0.2) is 26.6 Å². The van der Waals surface area contributed by atoms with Crippen LogP contribution in [0.25, 0.3) is 22.6 Å². The van der Waals surface area contributed by atoms with Gasteiger partial charge in [0.25, 0.3) is 0 Å². The molecule has 4 aromatic rings. The molecule has 2 aromatic carbocycles. The summed E-state index contributed by atoms with van der Waals surface area (Å²) in [5.74, 6) is 0.824. The Morgan fingerprint density at radius 2 is 1.76 bits per heavy atom. The summed E-state index contributed by atoms with van der Waals surface area (Å²) < 4.78 is 20.6. The van der Waals surface area contributed by atoms with Gasteiger partial charge in [-0.3, -0.25) is 0 Å². The topological polar surface area (TPSA) is 52.8 Å². The third-order valence-electron chi connectivity index (χ3n) is 3.98. The standard InChI is InChI=1S/C19H15FN4O/c1-25-19-16-18(21-12-22-19)24(11-13-5-3-2-4-6-13)17(23-16)14-7-9-15(20)10-8-14/h2-10,12H,11H2,1H3. The van der Waals surface area contributed by atoms with E-state index in [0.29, 0.717) is 29.4 Å². The van der Waals surface area contributed by atoms with Crippen molar-refractivity contribution in [2.24, 2.45) is 0 Å². The molecular weight excluding hydrogens is 319 g/mol. The molecule has 0 aliphatic rings. The number of methoxy groups -OCH3 is 1. The Morgan fingerprint density at radius 3 is 2.48 bits per heavy atom. The SMILES string of the molecule is COc1ncnc2c1nc(-c1ccc(F)cc1)n2Cc1ccccc1. The van der Waals surface area contributed by atoms with Gasteiger partial charge in [-0.05, 0) is 29.8 Å². The summed E-state index contributed by atoms with van der Waals surface area (Å²) in [6.07, 6.45) is 1.46. The van der Waals surface area contributed by atoms with Gasteiger partial charge in [0.05, 0.1) is 13.7 Å². The van der Waals surface area contributed by atoms with Gasteiger partial charge in [-0.2, -0.15) is 4.98 Å². The molecule has 0 aliphatic heterocycles. The Bertz CT molecular complexity index is 1010. The highest BCUT2D eigenvalue weighted by atomic mass is 19.1. The zero-order chi connectivity index (χ0) is 17.2. The van der Waals surface area contributed by atoms with Crippen molar-refractivity contribution in [2.45, 2.75) is 6.54 Å². The third kappa shape index (κ3) is 2.82. The maximum absolute atomic E-state index is 13.3. The van der Waals surface area contributed by atoms with Gasteiger partial charge >= 0.3 is 0 Å². The van der Waals surface area contributed by atoms with Crippen LogP contribution in [0, 0.1) is 5.82 Å². The number of halogens is 1. The highest BCUT2D eigenvalue weighted by Crippen LogP contribution is 2.28. The van der Waals surface area contributed by atoms with Crippen molar-refractivity contribution in [3.8, 4) is 17.3 Å². The van der Waals surface area contributed by atoms with E-state index in [0.717, 1.165) is 11.1 Å². The normalized spacial score (nSPS) is 11.0. The van der Waals surface area contributed by atoms with Crippen molar-refractivity contribution >= 4 is 11.2 Å². The first-order chi connectivity index (χ1) is 12.3. The molecule has 0 N–H and O–H groups in total. The van der Waals surface area contributed by atoms with E-state index in [9.17, 15) is 4.39 Å². The molecule has 4 rings (SSSR count). The molecule has 0 bridgehead atoms. The predicted octanol–water partition coefficient (Wildman–Crippen LogP) is 3.69. The third-order valence-corrected chi connectivity index (χ3v) is 3.98. The summed E-state index contributed by atoms with van der Waals surface area (Å²) in [6, 6.07) is 16.3. The number of rotatable bonds is 4. The second-order valence-electron chi connectivity index (χ2n) is 5.57. The lowest BCUT2D eigenvalue weighted by Crippen LogP contribution is -2.03. The largest absolute Gasteiger partial charge is 0.479 e. The lowest BCUT2D eigenvalue weighted by Gasteiger charge is -2.09. The molecule has 0 unspecified atom stereocenters. The molecule has 0 spiro atoms. The zero-order valence-electron chi connectivity index (χ0n) is 13.6. The number of ether oxygens (including phenoxy) is 1. The molecule has 0 aliphatic carbocycles. The molecule has 0 saturated heterocycles. The number of fused-ring (bicyclic) bond motifs is 1. The van der Waals surface area contributed by atoms with Gasteiger partial charge in [-0.1, -0.05) is 30.3 Å². The van der Waals surface area contributed by atoms with Crippen LogP contribution in [-0.2, 0) is 6.54 Å². The molecule has 0 atom stereocenters. The van der Waals surface area contributed by atoms with Crippen molar-refractivity contribution in [1.29, 1.82) is 0 Å². The summed E-state index contributed by atoms with van der Waals surface area (Å²) in [6.45, 7) is 0.588. The number of nitrogens with zero attached hydrogens (tertiary/aromatic N) is 4. The van der Waals surface area contributed by atoms with Crippen molar-refractivity contribution in [3.05, 3.63) is 72.3 Å². The number of aromatic nitrogens is 4. The molecule has 2 aromatic heterocycles. The number of benzene rings is 2. The zero-order valence-corrected chi connectivity index (χ0v) is 13.6. The summed E-state index contributed by atoms with van der Waals surface area (Å²) in [5.41, 5.74) is 3.18. The first-order valence-corrected chi connectivity index (χ1v) is 7.81. The van der Waals surface area contributed by atoms with Crippen LogP contribution >= 0.6 is 0 Å². The second-order valence-corrected chi connectivity index (χ2v) is 5.57. The van der Waals surface area contributed by atoms with Crippen LogP contribution in [0.15, 0.2) is 60.9 Å². The van der Waals surface area contributed by atoms with Crippen molar-refractivity contribution in [1.82, 2.24) is 19.5 Å². The number of hydrogen-bond acceptors (Lipinski definition) is 4. The molecule has 0 saturated carbocycles. The van der Waals surface area contributed by atoms with Crippen molar-refractivity contribution in [3.63, 3.8) is 0 Å². The Hall–Kier alpha value is -3.28. The predicted molar refractivity (Wildman–Crippen MR) is 92.8 cm³/mol. The van der Waals surface area contributed by atoms with Crippen LogP contribution in [0.3, 0.4) is 0 Å².